The molecule has 6 heterocycles. The van der Waals surface area contributed by atoms with Crippen molar-refractivity contribution in [1.82, 2.24) is 0 Å². The highest BCUT2D eigenvalue weighted by molar-refractivity contribution is 8.76. The summed E-state index contributed by atoms with van der Waals surface area (Å²) in [4.78, 5) is 7.80. The largest absolute Gasteiger partial charge is 1.00 e. The number of aromatic nitrogens is 2. The SMILES string of the molecule is [Br-].[Br-].c1cc2c(s1)c(N1CCCCCC1)cc[n+]2Cc1ccc(SSc2ccc(C[n+]3ccc(N4CCCCCC4)c4sccc43)cc2)cc1. The molecule has 2 fully saturated rings. The Morgan fingerprint density at radius 1 is 0.480 bits per heavy atom. The topological polar surface area (TPSA) is 14.2 Å². The molecule has 0 N–H and O–H groups in total. The maximum Gasteiger partial charge on any atom is 0.225 e. The summed E-state index contributed by atoms with van der Waals surface area (Å²) in [5.74, 6) is 0. The van der Waals surface area contributed by atoms with Gasteiger partial charge in [-0.2, -0.15) is 9.13 Å². The third-order valence-electron chi connectivity index (χ3n) is 9.88. The Morgan fingerprint density at radius 2 is 0.860 bits per heavy atom. The van der Waals surface area contributed by atoms with E-state index in [1.165, 1.54) is 130 Å². The Balaban J connectivity index is 0.00000216. The normalized spacial score (nSPS) is 15.4. The predicted octanol–water partition coefficient (Wildman–Crippen LogP) is 4.36. The van der Waals surface area contributed by atoms with E-state index >= 15 is 0 Å². The smallest absolute Gasteiger partial charge is 0.225 e. The molecule has 262 valence electrons. The maximum absolute atomic E-state index is 2.61. The van der Waals surface area contributed by atoms with Crippen LogP contribution < -0.4 is 52.9 Å². The standard InChI is InChI=1S/C40H44N4S4.2BrH/c1-2-6-22-41(21-5-1)35-17-25-43(37-19-27-45-39(35)37)29-31-9-13-33(14-10-31)47-48-34-15-11-32(12-16-34)30-44-26-18-36(40-38(44)20-28-46-40)42-23-7-3-4-8-24-42;;/h9-20,25-28H,1-8,21-24,29-30H2;2*1H/q+2;;/p-2. The van der Waals surface area contributed by atoms with Crippen LogP contribution in [0.4, 0.5) is 11.4 Å². The van der Waals surface area contributed by atoms with Crippen molar-refractivity contribution >= 4 is 76.1 Å². The fraction of sp³-hybridized carbons (Fsp3) is 0.350. The molecule has 0 bridgehead atoms. The number of pyridine rings is 2. The molecule has 2 aromatic carbocycles. The number of nitrogens with zero attached hydrogens (tertiary/aromatic N) is 4. The van der Waals surface area contributed by atoms with Crippen LogP contribution in [0.5, 0.6) is 0 Å². The van der Waals surface area contributed by atoms with Gasteiger partial charge in [0, 0.05) is 71.4 Å². The maximum atomic E-state index is 2.61. The number of benzene rings is 2. The first-order valence-corrected chi connectivity index (χ1v) is 21.5. The van der Waals surface area contributed by atoms with Gasteiger partial charge >= 0.3 is 0 Å². The van der Waals surface area contributed by atoms with E-state index in [0.29, 0.717) is 0 Å². The number of halogens is 2. The van der Waals surface area contributed by atoms with Crippen LogP contribution in [-0.2, 0) is 13.1 Å². The molecule has 0 atom stereocenters. The molecule has 0 aliphatic carbocycles. The summed E-state index contributed by atoms with van der Waals surface area (Å²) in [7, 11) is 3.68. The molecular formula is C40H44Br2N4S4. The van der Waals surface area contributed by atoms with E-state index in [4.69, 9.17) is 0 Å². The number of hydrogen-bond acceptors (Lipinski definition) is 6. The van der Waals surface area contributed by atoms with Crippen molar-refractivity contribution in [2.24, 2.45) is 0 Å². The number of thiophene rings is 2. The lowest BCUT2D eigenvalue weighted by atomic mass is 10.2. The van der Waals surface area contributed by atoms with Gasteiger partial charge in [0.15, 0.2) is 25.5 Å². The zero-order valence-corrected chi connectivity index (χ0v) is 34.8. The predicted molar refractivity (Wildman–Crippen MR) is 208 cm³/mol. The van der Waals surface area contributed by atoms with E-state index in [-0.39, 0.29) is 34.0 Å². The van der Waals surface area contributed by atoms with Gasteiger partial charge in [0.2, 0.25) is 11.0 Å². The number of fused-ring (bicyclic) bond motifs is 2. The molecule has 4 aromatic heterocycles. The van der Waals surface area contributed by atoms with E-state index in [9.17, 15) is 0 Å². The number of rotatable bonds is 9. The number of anilines is 2. The van der Waals surface area contributed by atoms with Crippen LogP contribution in [0.3, 0.4) is 0 Å². The first kappa shape index (κ1) is 37.7. The first-order chi connectivity index (χ1) is 23.8. The minimum Gasteiger partial charge on any atom is -1.00 e. The second-order valence-electron chi connectivity index (χ2n) is 13.2. The lowest BCUT2D eigenvalue weighted by Crippen LogP contribution is -3.00. The quantitative estimate of drug-likeness (QED) is 0.159. The summed E-state index contributed by atoms with van der Waals surface area (Å²) in [5, 5.41) is 4.50. The zero-order chi connectivity index (χ0) is 32.1. The van der Waals surface area contributed by atoms with Crippen LogP contribution >= 0.6 is 44.3 Å². The van der Waals surface area contributed by atoms with Gasteiger partial charge in [-0.05, 0) is 60.7 Å². The molecule has 2 saturated heterocycles. The highest BCUT2D eigenvalue weighted by Gasteiger charge is 2.21. The van der Waals surface area contributed by atoms with E-state index in [2.05, 4.69) is 115 Å². The molecule has 0 radical (unpaired) electrons. The highest BCUT2D eigenvalue weighted by Crippen LogP contribution is 2.38. The first-order valence-electron chi connectivity index (χ1n) is 17.6. The fourth-order valence-corrected chi connectivity index (χ4v) is 11.1. The average Bonchev–Trinajstić information content (AvgIpc) is 3.65. The Hall–Kier alpha value is -2.08. The Bertz CT molecular complexity index is 1820. The third kappa shape index (κ3) is 8.75. The van der Waals surface area contributed by atoms with Gasteiger partial charge in [-0.15, -0.1) is 22.7 Å². The van der Waals surface area contributed by atoms with Crippen molar-refractivity contribution in [3.8, 4) is 0 Å². The lowest BCUT2D eigenvalue weighted by molar-refractivity contribution is -0.662. The molecule has 6 aromatic rings. The van der Waals surface area contributed by atoms with Crippen LogP contribution in [0.1, 0.15) is 62.5 Å². The molecule has 0 unspecified atom stereocenters. The minimum absolute atomic E-state index is 0. The molecule has 2 aliphatic heterocycles. The molecule has 50 heavy (non-hydrogen) atoms. The fourth-order valence-electron chi connectivity index (χ4n) is 7.26. The summed E-state index contributed by atoms with van der Waals surface area (Å²) in [6, 6.07) is 27.6. The molecule has 10 heteroatoms. The molecule has 2 aliphatic rings. The number of hydrogen-bond donors (Lipinski definition) is 0. The van der Waals surface area contributed by atoms with Gasteiger partial charge in [0.25, 0.3) is 0 Å². The minimum atomic E-state index is 0. The Morgan fingerprint density at radius 3 is 1.24 bits per heavy atom. The second kappa shape index (κ2) is 18.1. The molecule has 0 amide bonds. The van der Waals surface area contributed by atoms with Crippen molar-refractivity contribution in [1.29, 1.82) is 0 Å². The second-order valence-corrected chi connectivity index (χ2v) is 17.3. The van der Waals surface area contributed by atoms with E-state index in [0.717, 1.165) is 13.1 Å². The lowest BCUT2D eigenvalue weighted by Gasteiger charge is -2.22. The van der Waals surface area contributed by atoms with Crippen molar-refractivity contribution in [2.75, 3.05) is 36.0 Å². The molecule has 0 spiro atoms. The van der Waals surface area contributed by atoms with Crippen LogP contribution in [0.25, 0.3) is 20.4 Å². The summed E-state index contributed by atoms with van der Waals surface area (Å²) in [6.45, 7) is 6.52. The van der Waals surface area contributed by atoms with Gasteiger partial charge < -0.3 is 43.8 Å². The Labute approximate surface area is 333 Å². The van der Waals surface area contributed by atoms with Gasteiger partial charge in [-0.1, -0.05) is 71.5 Å². The monoisotopic (exact) mass is 866 g/mol. The highest BCUT2D eigenvalue weighted by atomic mass is 79.9. The molecular weight excluding hydrogens is 825 g/mol. The summed E-state index contributed by atoms with van der Waals surface area (Å²) >= 11 is 3.77. The van der Waals surface area contributed by atoms with Crippen molar-refractivity contribution < 1.29 is 43.1 Å². The van der Waals surface area contributed by atoms with E-state index in [1.54, 1.807) is 0 Å². The van der Waals surface area contributed by atoms with Crippen molar-refractivity contribution in [2.45, 2.75) is 74.2 Å². The Kier molecular flexibility index (Phi) is 13.6. The van der Waals surface area contributed by atoms with Gasteiger partial charge in [0.1, 0.15) is 9.40 Å². The zero-order valence-electron chi connectivity index (χ0n) is 28.3. The van der Waals surface area contributed by atoms with Crippen LogP contribution in [0, 0.1) is 0 Å². The van der Waals surface area contributed by atoms with E-state index in [1.807, 2.05) is 44.3 Å². The molecule has 4 nitrogen and oxygen atoms in total. The van der Waals surface area contributed by atoms with E-state index < -0.39 is 0 Å². The molecule has 0 saturated carbocycles. The summed E-state index contributed by atoms with van der Waals surface area (Å²) in [6.07, 6.45) is 15.3. The van der Waals surface area contributed by atoms with Gasteiger partial charge in [0.05, 0.1) is 11.4 Å². The van der Waals surface area contributed by atoms with Crippen LogP contribution in [0.2, 0.25) is 0 Å². The van der Waals surface area contributed by atoms with Crippen molar-refractivity contribution in [3.63, 3.8) is 0 Å². The molecule has 8 rings (SSSR count). The third-order valence-corrected chi connectivity index (χ3v) is 14.1. The van der Waals surface area contributed by atoms with Gasteiger partial charge in [-0.25, -0.2) is 0 Å². The summed E-state index contributed by atoms with van der Waals surface area (Å²) < 4.78 is 7.68. The summed E-state index contributed by atoms with van der Waals surface area (Å²) in [5.41, 5.74) is 8.22. The van der Waals surface area contributed by atoms with Crippen LogP contribution in [-0.4, -0.2) is 26.2 Å². The van der Waals surface area contributed by atoms with Crippen molar-refractivity contribution in [3.05, 3.63) is 107 Å². The van der Waals surface area contributed by atoms with Crippen LogP contribution in [0.15, 0.2) is 106 Å². The average molecular weight is 869 g/mol. The van der Waals surface area contributed by atoms with Gasteiger partial charge in [-0.3, -0.25) is 0 Å².